The summed E-state index contributed by atoms with van der Waals surface area (Å²) in [6.07, 6.45) is 12.9. The molecule has 1 amide bonds. The van der Waals surface area contributed by atoms with Gasteiger partial charge in [-0.1, -0.05) is 90.4 Å². The third-order valence-electron chi connectivity index (χ3n) is 7.18. The number of ether oxygens (including phenoxy) is 3. The maximum absolute atomic E-state index is 14.3. The lowest BCUT2D eigenvalue weighted by molar-refractivity contribution is -0.140. The summed E-state index contributed by atoms with van der Waals surface area (Å²) in [5.41, 5.74) is -1.13. The van der Waals surface area contributed by atoms with Crippen LogP contribution in [0.15, 0.2) is 17.1 Å². The molecule has 236 valence electrons. The molecule has 0 radical (unpaired) electrons. The van der Waals surface area contributed by atoms with E-state index in [0.29, 0.717) is 24.2 Å². The minimum absolute atomic E-state index is 0.101. The van der Waals surface area contributed by atoms with Crippen LogP contribution < -0.4 is 11.0 Å². The molecule has 10 nitrogen and oxygen atoms in total. The summed E-state index contributed by atoms with van der Waals surface area (Å²) in [7, 11) is 0. The summed E-state index contributed by atoms with van der Waals surface area (Å²) < 4.78 is 44.5. The Morgan fingerprint density at radius 1 is 0.976 bits per heavy atom. The number of aliphatic hydroxyl groups is 2. The average Bonchev–Trinajstić information content (AvgIpc) is 3.17. The number of nitrogens with zero attached hydrogens (tertiary/aromatic N) is 2. The molecule has 41 heavy (non-hydrogen) atoms. The minimum Gasteiger partial charge on any atom is -0.449 e. The van der Waals surface area contributed by atoms with Crippen molar-refractivity contribution in [3.8, 4) is 0 Å². The number of aliphatic hydroxyl groups excluding tert-OH is 2. The van der Waals surface area contributed by atoms with E-state index in [1.54, 1.807) is 0 Å². The normalized spacial score (nSPS) is 19.9. The van der Waals surface area contributed by atoms with E-state index in [2.05, 4.69) is 17.2 Å². The lowest BCUT2D eigenvalue weighted by Gasteiger charge is -2.21. The van der Waals surface area contributed by atoms with Gasteiger partial charge in [-0.2, -0.15) is 13.8 Å². The third-order valence-corrected chi connectivity index (χ3v) is 7.18. The van der Waals surface area contributed by atoms with E-state index >= 15 is 0 Å². The Balaban J connectivity index is 1.46. The Kier molecular flexibility index (Phi) is 17.0. The maximum atomic E-state index is 14.3. The molecule has 0 spiro atoms. The number of carbonyl (C=O) groups excluding carboxylic acids is 1. The molecule has 0 saturated carbocycles. The Hall–Kier alpha value is -2.15. The molecular weight excluding hydrogens is 540 g/mol. The van der Waals surface area contributed by atoms with Crippen LogP contribution in [0.2, 0.25) is 0 Å². The number of carbonyl (C=O) groups is 1. The summed E-state index contributed by atoms with van der Waals surface area (Å²) in [5, 5.41) is 21.0. The van der Waals surface area contributed by atoms with Gasteiger partial charge < -0.3 is 24.4 Å². The lowest BCUT2D eigenvalue weighted by atomic mass is 10.0. The monoisotopic (exact) mass is 589 g/mol. The van der Waals surface area contributed by atoms with Crippen molar-refractivity contribution in [2.75, 3.05) is 31.7 Å². The highest BCUT2D eigenvalue weighted by molar-refractivity contribution is 5.83. The molecule has 2 rings (SSSR count). The largest absolute Gasteiger partial charge is 0.449 e. The molecular formula is C29H49F2N3O7. The van der Waals surface area contributed by atoms with Crippen LogP contribution in [0.1, 0.15) is 109 Å². The van der Waals surface area contributed by atoms with Crippen molar-refractivity contribution >= 4 is 11.9 Å². The smallest absolute Gasteiger partial charge is 0.412 e. The predicted octanol–water partition coefficient (Wildman–Crippen LogP) is 5.57. The topological polar surface area (TPSA) is 132 Å². The summed E-state index contributed by atoms with van der Waals surface area (Å²) in [5.74, 6) is -4.01. The van der Waals surface area contributed by atoms with E-state index in [9.17, 15) is 23.5 Å². The van der Waals surface area contributed by atoms with Gasteiger partial charge in [-0.25, -0.2) is 9.59 Å². The molecule has 3 atom stereocenters. The van der Waals surface area contributed by atoms with Gasteiger partial charge in [-0.05, 0) is 12.5 Å². The first-order valence-corrected chi connectivity index (χ1v) is 15.2. The van der Waals surface area contributed by atoms with Gasteiger partial charge in [0.1, 0.15) is 11.9 Å². The van der Waals surface area contributed by atoms with Crippen molar-refractivity contribution < 1.29 is 38.0 Å². The maximum Gasteiger partial charge on any atom is 0.412 e. The summed E-state index contributed by atoms with van der Waals surface area (Å²) in [6, 6.07) is 1.13. The molecule has 3 unspecified atom stereocenters. The number of halogens is 2. The van der Waals surface area contributed by atoms with Crippen molar-refractivity contribution in [1.82, 2.24) is 9.55 Å². The van der Waals surface area contributed by atoms with Crippen LogP contribution in [0, 0.1) is 0 Å². The lowest BCUT2D eigenvalue weighted by Crippen LogP contribution is -2.41. The van der Waals surface area contributed by atoms with Gasteiger partial charge in [0.2, 0.25) is 6.23 Å². The molecule has 1 fully saturated rings. The number of unbranched alkanes of at least 4 members (excludes halogenated alkanes) is 13. The van der Waals surface area contributed by atoms with Crippen LogP contribution in [0.5, 0.6) is 0 Å². The third kappa shape index (κ3) is 12.7. The number of hydrogen-bond donors (Lipinski definition) is 3. The van der Waals surface area contributed by atoms with E-state index in [4.69, 9.17) is 19.3 Å². The zero-order valence-corrected chi connectivity index (χ0v) is 24.4. The number of hydrogen-bond acceptors (Lipinski definition) is 8. The SMILES string of the molecule is CCCCCCCCCCCCCCCCOCCCOC(=O)Nc1ccn(C2OC(CO)C(O)C2(F)F)c(=O)n1. The van der Waals surface area contributed by atoms with Gasteiger partial charge in [0, 0.05) is 25.8 Å². The molecule has 2 heterocycles. The van der Waals surface area contributed by atoms with Crippen LogP contribution in [0.4, 0.5) is 19.4 Å². The van der Waals surface area contributed by atoms with E-state index in [0.717, 1.165) is 25.1 Å². The Morgan fingerprint density at radius 2 is 1.54 bits per heavy atom. The highest BCUT2D eigenvalue weighted by Gasteiger charge is 2.59. The van der Waals surface area contributed by atoms with Crippen molar-refractivity contribution in [2.45, 2.75) is 128 Å². The summed E-state index contributed by atoms with van der Waals surface area (Å²) >= 11 is 0. The molecule has 12 heteroatoms. The first-order valence-electron chi connectivity index (χ1n) is 15.2. The van der Waals surface area contributed by atoms with Gasteiger partial charge in [0.15, 0.2) is 6.10 Å². The minimum atomic E-state index is -3.82. The molecule has 1 aliphatic heterocycles. The van der Waals surface area contributed by atoms with Crippen molar-refractivity contribution in [3.63, 3.8) is 0 Å². The highest BCUT2D eigenvalue weighted by Crippen LogP contribution is 2.41. The van der Waals surface area contributed by atoms with Crippen LogP contribution in [-0.2, 0) is 14.2 Å². The Labute approximate surface area is 241 Å². The van der Waals surface area contributed by atoms with Crippen molar-refractivity contribution in [2.24, 2.45) is 0 Å². The molecule has 1 aliphatic rings. The fourth-order valence-corrected chi connectivity index (χ4v) is 4.75. The first kappa shape index (κ1) is 35.0. The predicted molar refractivity (Wildman–Crippen MR) is 151 cm³/mol. The van der Waals surface area contributed by atoms with Gasteiger partial charge >= 0.3 is 17.7 Å². The quantitative estimate of drug-likeness (QED) is 0.150. The fraction of sp³-hybridized carbons (Fsp3) is 0.828. The second-order valence-electron chi connectivity index (χ2n) is 10.7. The molecule has 1 saturated heterocycles. The van der Waals surface area contributed by atoms with E-state index in [-0.39, 0.29) is 12.4 Å². The van der Waals surface area contributed by atoms with Crippen LogP contribution in [-0.4, -0.2) is 70.4 Å². The number of aromatic nitrogens is 2. The fourth-order valence-electron chi connectivity index (χ4n) is 4.75. The van der Waals surface area contributed by atoms with Gasteiger partial charge in [0.25, 0.3) is 0 Å². The number of rotatable bonds is 22. The number of anilines is 1. The number of alkyl halides is 2. The van der Waals surface area contributed by atoms with Crippen molar-refractivity contribution in [3.05, 3.63) is 22.7 Å². The molecule has 1 aromatic heterocycles. The van der Waals surface area contributed by atoms with Gasteiger partial charge in [-0.15, -0.1) is 0 Å². The van der Waals surface area contributed by atoms with E-state index in [1.165, 1.54) is 77.0 Å². The molecule has 1 aromatic rings. The zero-order valence-electron chi connectivity index (χ0n) is 24.4. The van der Waals surface area contributed by atoms with Gasteiger partial charge in [-0.3, -0.25) is 9.88 Å². The highest BCUT2D eigenvalue weighted by atomic mass is 19.3. The van der Waals surface area contributed by atoms with E-state index in [1.807, 2.05) is 0 Å². The first-order chi connectivity index (χ1) is 19.8. The van der Waals surface area contributed by atoms with E-state index < -0.39 is 42.7 Å². The average molecular weight is 590 g/mol. The zero-order chi connectivity index (χ0) is 29.9. The Bertz CT molecular complexity index is 919. The second kappa shape index (κ2) is 19.9. The molecule has 0 bridgehead atoms. The van der Waals surface area contributed by atoms with Gasteiger partial charge in [0.05, 0.1) is 13.2 Å². The number of amides is 1. The van der Waals surface area contributed by atoms with Crippen LogP contribution in [0.25, 0.3) is 0 Å². The molecule has 0 aliphatic carbocycles. The summed E-state index contributed by atoms with van der Waals surface area (Å²) in [6.45, 7) is 2.64. The van der Waals surface area contributed by atoms with Crippen LogP contribution in [0.3, 0.4) is 0 Å². The standard InChI is InChI=1S/C29H49F2N3O7/c1-2-3-4-5-6-7-8-9-10-11-12-13-14-15-19-39-20-16-21-40-28(38)33-24-17-18-34(27(37)32-24)26-29(30,31)25(36)23(22-35)41-26/h17-18,23,25-26,35-36H,2-16,19-22H2,1H3,(H,32,33,37,38). The molecule has 0 aromatic carbocycles. The molecule has 3 N–H and O–H groups in total. The Morgan fingerprint density at radius 3 is 2.07 bits per heavy atom. The number of nitrogens with one attached hydrogen (secondary N) is 1. The summed E-state index contributed by atoms with van der Waals surface area (Å²) in [4.78, 5) is 27.7. The van der Waals surface area contributed by atoms with Crippen molar-refractivity contribution in [1.29, 1.82) is 0 Å². The second-order valence-corrected chi connectivity index (χ2v) is 10.7. The van der Waals surface area contributed by atoms with Crippen LogP contribution >= 0.6 is 0 Å².